The van der Waals surface area contributed by atoms with Gasteiger partial charge in [0.15, 0.2) is 0 Å². The van der Waals surface area contributed by atoms with Crippen molar-refractivity contribution in [3.8, 4) is 0 Å². The first-order valence-electron chi connectivity index (χ1n) is 6.76. The Hall–Kier alpha value is -1.22. The molecule has 1 aromatic heterocycles. The zero-order chi connectivity index (χ0) is 15.9. The third kappa shape index (κ3) is 4.92. The number of nitrogens with two attached hydrogens (primary N) is 1. The summed E-state index contributed by atoms with van der Waals surface area (Å²) in [5, 5.41) is 0. The van der Waals surface area contributed by atoms with Crippen LogP contribution in [0, 0.1) is 0 Å². The maximum Gasteiger partial charge on any atom is 0.244 e. The van der Waals surface area contributed by atoms with Crippen molar-refractivity contribution in [2.24, 2.45) is 5.73 Å². The minimum Gasteiger partial charge on any atom is -0.383 e. The van der Waals surface area contributed by atoms with Crippen LogP contribution in [0.3, 0.4) is 0 Å². The molecular weight excluding hydrogens is 292 g/mol. The summed E-state index contributed by atoms with van der Waals surface area (Å²) in [6.07, 6.45) is 2.22. The highest BCUT2D eigenvalue weighted by molar-refractivity contribution is 7.89. The molecule has 7 nitrogen and oxygen atoms in total. The molecule has 21 heavy (non-hydrogen) atoms. The number of aromatic nitrogens is 1. The average molecular weight is 316 g/mol. The Bertz CT molecular complexity index is 509. The fourth-order valence-electron chi connectivity index (χ4n) is 1.75. The van der Waals surface area contributed by atoms with E-state index in [2.05, 4.69) is 4.98 Å². The zero-order valence-electron chi connectivity index (χ0n) is 12.8. The van der Waals surface area contributed by atoms with E-state index in [4.69, 9.17) is 10.5 Å². The van der Waals surface area contributed by atoms with Gasteiger partial charge < -0.3 is 15.4 Å². The Morgan fingerprint density at radius 3 is 2.48 bits per heavy atom. The van der Waals surface area contributed by atoms with Crippen LogP contribution < -0.4 is 10.6 Å². The Kier molecular flexibility index (Phi) is 7.03. The fourth-order valence-corrected chi connectivity index (χ4v) is 2.60. The van der Waals surface area contributed by atoms with E-state index in [-0.39, 0.29) is 4.90 Å². The number of anilines is 1. The van der Waals surface area contributed by atoms with Crippen LogP contribution in [-0.2, 0) is 14.8 Å². The molecule has 0 aromatic carbocycles. The summed E-state index contributed by atoms with van der Waals surface area (Å²) < 4.78 is 30.2. The van der Waals surface area contributed by atoms with Crippen LogP contribution in [0.1, 0.15) is 6.42 Å². The number of rotatable bonds is 9. The largest absolute Gasteiger partial charge is 0.383 e. The van der Waals surface area contributed by atoms with E-state index in [0.29, 0.717) is 19.7 Å². The van der Waals surface area contributed by atoms with Crippen molar-refractivity contribution in [2.45, 2.75) is 11.3 Å². The topological polar surface area (TPSA) is 88.8 Å². The zero-order valence-corrected chi connectivity index (χ0v) is 13.6. The minimum atomic E-state index is -3.45. The van der Waals surface area contributed by atoms with Crippen molar-refractivity contribution in [3.63, 3.8) is 0 Å². The highest BCUT2D eigenvalue weighted by Crippen LogP contribution is 2.16. The second-order valence-electron chi connectivity index (χ2n) is 4.76. The van der Waals surface area contributed by atoms with Gasteiger partial charge in [-0.2, -0.15) is 0 Å². The van der Waals surface area contributed by atoms with Crippen LogP contribution in [0.4, 0.5) is 5.82 Å². The molecule has 0 aliphatic heterocycles. The second-order valence-corrected chi connectivity index (χ2v) is 6.91. The minimum absolute atomic E-state index is 0.182. The predicted octanol–water partition coefficient (Wildman–Crippen LogP) is 0.134. The van der Waals surface area contributed by atoms with Gasteiger partial charge in [-0.25, -0.2) is 17.7 Å². The molecule has 1 heterocycles. The lowest BCUT2D eigenvalue weighted by Gasteiger charge is -2.23. The standard InChI is InChI=1S/C13H24N4O3S/c1-16(2)21(18,19)12-5-6-13(15-11-12)17(8-4-7-14)9-10-20-3/h5-6,11H,4,7-10,14H2,1-3H3. The van der Waals surface area contributed by atoms with Gasteiger partial charge in [0.05, 0.1) is 6.61 Å². The highest BCUT2D eigenvalue weighted by atomic mass is 32.2. The molecule has 0 spiro atoms. The second kappa shape index (κ2) is 8.28. The number of methoxy groups -OCH3 is 1. The molecule has 0 aliphatic rings. The summed E-state index contributed by atoms with van der Waals surface area (Å²) in [4.78, 5) is 6.47. The van der Waals surface area contributed by atoms with E-state index in [1.54, 1.807) is 19.2 Å². The molecule has 0 saturated heterocycles. The number of pyridine rings is 1. The quantitative estimate of drug-likeness (QED) is 0.697. The molecule has 0 fully saturated rings. The van der Waals surface area contributed by atoms with Gasteiger partial charge in [0, 0.05) is 40.5 Å². The van der Waals surface area contributed by atoms with Crippen LogP contribution >= 0.6 is 0 Å². The van der Waals surface area contributed by atoms with Crippen LogP contribution in [0.5, 0.6) is 0 Å². The monoisotopic (exact) mass is 316 g/mol. The van der Waals surface area contributed by atoms with Gasteiger partial charge in [-0.15, -0.1) is 0 Å². The average Bonchev–Trinajstić information content (AvgIpc) is 2.47. The van der Waals surface area contributed by atoms with Crippen molar-refractivity contribution in [3.05, 3.63) is 18.3 Å². The smallest absolute Gasteiger partial charge is 0.244 e. The Labute approximate surface area is 126 Å². The van der Waals surface area contributed by atoms with Crippen molar-refractivity contribution < 1.29 is 13.2 Å². The van der Waals surface area contributed by atoms with Gasteiger partial charge in [-0.3, -0.25) is 0 Å². The summed E-state index contributed by atoms with van der Waals surface area (Å²) in [6.45, 7) is 2.61. The molecular formula is C13H24N4O3S. The van der Waals surface area contributed by atoms with Gasteiger partial charge in [0.1, 0.15) is 10.7 Å². The molecule has 2 N–H and O–H groups in total. The van der Waals surface area contributed by atoms with Gasteiger partial charge in [0.25, 0.3) is 0 Å². The molecule has 1 aromatic rings. The normalized spacial score (nSPS) is 11.9. The lowest BCUT2D eigenvalue weighted by atomic mass is 10.3. The molecule has 0 amide bonds. The van der Waals surface area contributed by atoms with Gasteiger partial charge in [-0.05, 0) is 25.1 Å². The number of ether oxygens (including phenoxy) is 1. The summed E-state index contributed by atoms with van der Waals surface area (Å²) in [5.74, 6) is 0.721. The summed E-state index contributed by atoms with van der Waals surface area (Å²) in [7, 11) is 1.19. The molecule has 0 unspecified atom stereocenters. The summed E-state index contributed by atoms with van der Waals surface area (Å²) in [6, 6.07) is 3.28. The SMILES string of the molecule is COCCN(CCCN)c1ccc(S(=O)(=O)N(C)C)cn1. The van der Waals surface area contributed by atoms with E-state index in [0.717, 1.165) is 18.8 Å². The van der Waals surface area contributed by atoms with E-state index in [1.807, 2.05) is 4.90 Å². The molecule has 0 aliphatic carbocycles. The molecule has 0 atom stereocenters. The molecule has 0 saturated carbocycles. The van der Waals surface area contributed by atoms with Crippen molar-refractivity contribution in [1.29, 1.82) is 0 Å². The fraction of sp³-hybridized carbons (Fsp3) is 0.615. The van der Waals surface area contributed by atoms with Crippen molar-refractivity contribution in [1.82, 2.24) is 9.29 Å². The lowest BCUT2D eigenvalue weighted by molar-refractivity contribution is 0.205. The summed E-state index contributed by atoms with van der Waals surface area (Å²) >= 11 is 0. The number of hydrogen-bond acceptors (Lipinski definition) is 6. The molecule has 0 radical (unpaired) electrons. The van der Waals surface area contributed by atoms with Gasteiger partial charge >= 0.3 is 0 Å². The van der Waals surface area contributed by atoms with Crippen LogP contribution in [-0.4, -0.2) is 65.2 Å². The maximum absolute atomic E-state index is 12.0. The molecule has 1 rings (SSSR count). The number of nitrogens with zero attached hydrogens (tertiary/aromatic N) is 3. The highest BCUT2D eigenvalue weighted by Gasteiger charge is 2.18. The maximum atomic E-state index is 12.0. The van der Waals surface area contributed by atoms with Crippen LogP contribution in [0.25, 0.3) is 0 Å². The van der Waals surface area contributed by atoms with Crippen molar-refractivity contribution >= 4 is 15.8 Å². The first-order chi connectivity index (χ1) is 9.93. The number of hydrogen-bond donors (Lipinski definition) is 1. The summed E-state index contributed by atoms with van der Waals surface area (Å²) in [5.41, 5.74) is 5.53. The first-order valence-corrected chi connectivity index (χ1v) is 8.20. The van der Waals surface area contributed by atoms with Gasteiger partial charge in [-0.1, -0.05) is 0 Å². The predicted molar refractivity (Wildman–Crippen MR) is 82.9 cm³/mol. The third-order valence-electron chi connectivity index (χ3n) is 3.02. The first kappa shape index (κ1) is 17.8. The Morgan fingerprint density at radius 2 is 2.00 bits per heavy atom. The lowest BCUT2D eigenvalue weighted by Crippen LogP contribution is -2.30. The van der Waals surface area contributed by atoms with Crippen molar-refractivity contribution in [2.75, 3.05) is 52.3 Å². The van der Waals surface area contributed by atoms with E-state index < -0.39 is 10.0 Å². The Balaban J connectivity index is 2.91. The number of sulfonamides is 1. The molecule has 0 bridgehead atoms. The van der Waals surface area contributed by atoms with E-state index in [9.17, 15) is 8.42 Å². The molecule has 120 valence electrons. The van der Waals surface area contributed by atoms with Crippen LogP contribution in [0.2, 0.25) is 0 Å². The van der Waals surface area contributed by atoms with E-state index in [1.165, 1.54) is 24.6 Å². The Morgan fingerprint density at radius 1 is 1.29 bits per heavy atom. The third-order valence-corrected chi connectivity index (χ3v) is 4.82. The van der Waals surface area contributed by atoms with E-state index >= 15 is 0 Å². The van der Waals surface area contributed by atoms with Crippen LogP contribution in [0.15, 0.2) is 23.2 Å². The molecule has 8 heteroatoms. The van der Waals surface area contributed by atoms with Gasteiger partial charge in [0.2, 0.25) is 10.0 Å².